The minimum Gasteiger partial charge on any atom is -0.452 e. The lowest BCUT2D eigenvalue weighted by atomic mass is 10.2. The number of anilines is 1. The van der Waals surface area contributed by atoms with Crippen LogP contribution in [0, 0.1) is 0 Å². The van der Waals surface area contributed by atoms with Gasteiger partial charge >= 0.3 is 5.97 Å². The normalized spacial score (nSPS) is 11.0. The van der Waals surface area contributed by atoms with Crippen LogP contribution < -0.4 is 10.0 Å². The minimum atomic E-state index is -3.69. The van der Waals surface area contributed by atoms with Crippen molar-refractivity contribution in [3.8, 4) is 0 Å². The zero-order chi connectivity index (χ0) is 19.0. The largest absolute Gasteiger partial charge is 0.452 e. The van der Waals surface area contributed by atoms with Gasteiger partial charge in [-0.1, -0.05) is 31.2 Å². The molecule has 1 amide bonds. The van der Waals surface area contributed by atoms with E-state index in [0.29, 0.717) is 18.7 Å². The summed E-state index contributed by atoms with van der Waals surface area (Å²) >= 11 is 0. The molecule has 0 saturated heterocycles. The third-order valence-corrected chi connectivity index (χ3v) is 4.77. The van der Waals surface area contributed by atoms with Crippen LogP contribution in [-0.2, 0) is 19.6 Å². The second-order valence-electron chi connectivity index (χ2n) is 5.42. The molecule has 0 spiro atoms. The zero-order valence-electron chi connectivity index (χ0n) is 14.3. The average Bonchev–Trinajstić information content (AvgIpc) is 2.65. The van der Waals surface area contributed by atoms with Gasteiger partial charge in [-0.15, -0.1) is 0 Å². The van der Waals surface area contributed by atoms with E-state index in [2.05, 4.69) is 10.0 Å². The zero-order valence-corrected chi connectivity index (χ0v) is 15.1. The summed E-state index contributed by atoms with van der Waals surface area (Å²) in [4.78, 5) is 23.8. The van der Waals surface area contributed by atoms with E-state index in [-0.39, 0.29) is 10.5 Å². The summed E-state index contributed by atoms with van der Waals surface area (Å²) in [6.45, 7) is 1.67. The highest BCUT2D eigenvalue weighted by Crippen LogP contribution is 2.13. The average molecular weight is 376 g/mol. The first-order valence-corrected chi connectivity index (χ1v) is 9.52. The van der Waals surface area contributed by atoms with Crippen molar-refractivity contribution in [1.82, 2.24) is 4.72 Å². The van der Waals surface area contributed by atoms with Crippen LogP contribution in [0.4, 0.5) is 5.69 Å². The molecular formula is C18H20N2O5S. The third kappa shape index (κ3) is 5.68. The summed E-state index contributed by atoms with van der Waals surface area (Å²) in [5.74, 6) is -1.27. The van der Waals surface area contributed by atoms with Gasteiger partial charge in [-0.2, -0.15) is 0 Å². The summed E-state index contributed by atoms with van der Waals surface area (Å²) in [7, 11) is -3.69. The Kier molecular flexibility index (Phi) is 6.88. The molecule has 2 aromatic rings. The summed E-state index contributed by atoms with van der Waals surface area (Å²) in [6, 6.07) is 14.2. The van der Waals surface area contributed by atoms with E-state index >= 15 is 0 Å². The van der Waals surface area contributed by atoms with Crippen LogP contribution in [0.2, 0.25) is 0 Å². The van der Waals surface area contributed by atoms with Crippen molar-refractivity contribution in [2.75, 3.05) is 18.5 Å². The molecule has 0 aliphatic rings. The van der Waals surface area contributed by atoms with E-state index in [1.165, 1.54) is 24.3 Å². The topological polar surface area (TPSA) is 102 Å². The Bertz CT molecular complexity index is 866. The Labute approximate surface area is 152 Å². The number of rotatable bonds is 8. The maximum absolute atomic E-state index is 12.1. The number of hydrogen-bond donors (Lipinski definition) is 2. The predicted octanol–water partition coefficient (Wildman–Crippen LogP) is 2.17. The van der Waals surface area contributed by atoms with Crippen LogP contribution in [0.25, 0.3) is 0 Å². The number of hydrogen-bond acceptors (Lipinski definition) is 5. The van der Waals surface area contributed by atoms with E-state index in [4.69, 9.17) is 4.74 Å². The monoisotopic (exact) mass is 376 g/mol. The molecule has 0 aliphatic heterocycles. The lowest BCUT2D eigenvalue weighted by Gasteiger charge is -2.08. The number of amides is 1. The van der Waals surface area contributed by atoms with Crippen molar-refractivity contribution in [1.29, 1.82) is 0 Å². The Morgan fingerprint density at radius 1 is 1.04 bits per heavy atom. The summed E-state index contributed by atoms with van der Waals surface area (Å²) < 4.78 is 31.6. The first-order valence-electron chi connectivity index (χ1n) is 8.04. The summed E-state index contributed by atoms with van der Waals surface area (Å²) in [5.41, 5.74) is 0.639. The van der Waals surface area contributed by atoms with Crippen LogP contribution in [0.1, 0.15) is 23.7 Å². The van der Waals surface area contributed by atoms with Crippen molar-refractivity contribution in [2.24, 2.45) is 0 Å². The minimum absolute atomic E-state index is 0.0332. The number of sulfonamides is 1. The number of benzene rings is 2. The number of nitrogens with one attached hydrogen (secondary N) is 2. The fourth-order valence-corrected chi connectivity index (χ4v) is 3.22. The first-order chi connectivity index (χ1) is 12.4. The standard InChI is InChI=1S/C18H20N2O5S/c1-2-11-19-26(23,24)16-10-6-7-14(12-16)18(22)25-13-17(21)20-15-8-4-3-5-9-15/h3-10,12,19H,2,11,13H2,1H3,(H,20,21). The Balaban J connectivity index is 1.97. The number of para-hydroxylation sites is 1. The molecule has 2 N–H and O–H groups in total. The Morgan fingerprint density at radius 2 is 1.77 bits per heavy atom. The van der Waals surface area contributed by atoms with Crippen molar-refractivity contribution in [2.45, 2.75) is 18.2 Å². The molecule has 0 atom stereocenters. The van der Waals surface area contributed by atoms with Gasteiger partial charge in [-0.3, -0.25) is 4.79 Å². The van der Waals surface area contributed by atoms with Crippen molar-refractivity contribution in [3.63, 3.8) is 0 Å². The summed E-state index contributed by atoms with van der Waals surface area (Å²) in [5, 5.41) is 2.59. The number of esters is 1. The third-order valence-electron chi connectivity index (χ3n) is 3.31. The van der Waals surface area contributed by atoms with E-state index in [1.807, 2.05) is 13.0 Å². The molecule has 138 valence electrons. The molecule has 0 aliphatic carbocycles. The highest BCUT2D eigenvalue weighted by Gasteiger charge is 2.17. The van der Waals surface area contributed by atoms with Crippen molar-refractivity contribution in [3.05, 3.63) is 60.2 Å². The van der Waals surface area contributed by atoms with E-state index in [9.17, 15) is 18.0 Å². The molecule has 26 heavy (non-hydrogen) atoms. The number of carbonyl (C=O) groups excluding carboxylic acids is 2. The van der Waals surface area contributed by atoms with Gasteiger partial charge in [-0.05, 0) is 36.8 Å². The second kappa shape index (κ2) is 9.12. The molecule has 0 bridgehead atoms. The van der Waals surface area contributed by atoms with Gasteiger partial charge in [0.2, 0.25) is 10.0 Å². The molecule has 2 aromatic carbocycles. The summed E-state index contributed by atoms with van der Waals surface area (Å²) in [6.07, 6.45) is 0.650. The molecule has 2 rings (SSSR count). The highest BCUT2D eigenvalue weighted by atomic mass is 32.2. The first kappa shape index (κ1) is 19.6. The SMILES string of the molecule is CCCNS(=O)(=O)c1cccc(C(=O)OCC(=O)Nc2ccccc2)c1. The Morgan fingerprint density at radius 3 is 2.46 bits per heavy atom. The molecule has 7 nitrogen and oxygen atoms in total. The van der Waals surface area contributed by atoms with Crippen molar-refractivity contribution < 1.29 is 22.7 Å². The maximum atomic E-state index is 12.1. The molecule has 0 fully saturated rings. The highest BCUT2D eigenvalue weighted by molar-refractivity contribution is 7.89. The van der Waals surface area contributed by atoms with Gasteiger partial charge in [0.05, 0.1) is 10.5 Å². The van der Waals surface area contributed by atoms with Crippen LogP contribution in [-0.4, -0.2) is 33.4 Å². The molecule has 0 saturated carbocycles. The van der Waals surface area contributed by atoms with Gasteiger partial charge in [0.25, 0.3) is 5.91 Å². The lowest BCUT2D eigenvalue weighted by Crippen LogP contribution is -2.25. The maximum Gasteiger partial charge on any atom is 0.338 e. The molecule has 0 unspecified atom stereocenters. The van der Waals surface area contributed by atoms with Gasteiger partial charge < -0.3 is 10.1 Å². The molecular weight excluding hydrogens is 356 g/mol. The fourth-order valence-electron chi connectivity index (χ4n) is 2.04. The fraction of sp³-hybridized carbons (Fsp3) is 0.222. The van der Waals surface area contributed by atoms with Gasteiger partial charge in [0.1, 0.15) is 0 Å². The van der Waals surface area contributed by atoms with Crippen LogP contribution in [0.5, 0.6) is 0 Å². The van der Waals surface area contributed by atoms with Gasteiger partial charge in [-0.25, -0.2) is 17.9 Å². The van der Waals surface area contributed by atoms with E-state index in [0.717, 1.165) is 0 Å². The molecule has 8 heteroatoms. The van der Waals surface area contributed by atoms with Crippen LogP contribution in [0.15, 0.2) is 59.5 Å². The number of carbonyl (C=O) groups is 2. The smallest absolute Gasteiger partial charge is 0.338 e. The molecule has 0 heterocycles. The van der Waals surface area contributed by atoms with Crippen LogP contribution in [0.3, 0.4) is 0 Å². The van der Waals surface area contributed by atoms with Gasteiger partial charge in [0.15, 0.2) is 6.61 Å². The Hall–Kier alpha value is -2.71. The van der Waals surface area contributed by atoms with Crippen molar-refractivity contribution >= 4 is 27.6 Å². The second-order valence-corrected chi connectivity index (χ2v) is 7.18. The molecule has 0 aromatic heterocycles. The van der Waals surface area contributed by atoms with Crippen LogP contribution >= 0.6 is 0 Å². The van der Waals surface area contributed by atoms with Gasteiger partial charge in [0, 0.05) is 12.2 Å². The quantitative estimate of drug-likeness (QED) is 0.688. The van der Waals surface area contributed by atoms with E-state index in [1.54, 1.807) is 24.3 Å². The molecule has 0 radical (unpaired) electrons. The lowest BCUT2D eigenvalue weighted by molar-refractivity contribution is -0.119. The number of ether oxygens (including phenoxy) is 1. The van der Waals surface area contributed by atoms with E-state index < -0.39 is 28.5 Å². The predicted molar refractivity (Wildman–Crippen MR) is 97.3 cm³/mol.